The van der Waals surface area contributed by atoms with Crippen LogP contribution in [0.1, 0.15) is 31.2 Å². The molecule has 2 atom stereocenters. The number of hydrogen-bond donors (Lipinski definition) is 5. The molecule has 2 aromatic rings. The zero-order chi connectivity index (χ0) is 25.4. The van der Waals surface area contributed by atoms with Crippen molar-refractivity contribution in [1.29, 1.82) is 0 Å². The van der Waals surface area contributed by atoms with Gasteiger partial charge in [0.05, 0.1) is 5.02 Å². The van der Waals surface area contributed by atoms with Crippen LogP contribution in [0.15, 0.2) is 40.6 Å². The van der Waals surface area contributed by atoms with Gasteiger partial charge in [-0.1, -0.05) is 28.9 Å². The lowest BCUT2D eigenvalue weighted by molar-refractivity contribution is -0.138. The smallest absolute Gasteiger partial charge is 0.323 e. The van der Waals surface area contributed by atoms with Gasteiger partial charge in [-0.05, 0) is 37.8 Å². The quantitative estimate of drug-likeness (QED) is 0.245. The highest BCUT2D eigenvalue weighted by atomic mass is 35.5. The maximum absolute atomic E-state index is 12.7. The summed E-state index contributed by atoms with van der Waals surface area (Å²) in [5.41, 5.74) is 0.482. The lowest BCUT2D eigenvalue weighted by Crippen LogP contribution is -2.49. The van der Waals surface area contributed by atoms with Gasteiger partial charge in [0, 0.05) is 31.9 Å². The van der Waals surface area contributed by atoms with E-state index in [4.69, 9.17) is 16.4 Å². The number of aryl methyl sites for hydroxylation is 1. The number of oxime groups is 1. The van der Waals surface area contributed by atoms with Gasteiger partial charge in [0.2, 0.25) is 10.0 Å². The standard InChI is InChI=1S/C21H27ClN6O6S/c1-13-5-4-7-15(22)18(13)35(32,33)28-17(20(30)31)12-26-19(29)16-11-14(34-27-16)6-2-3-8-23-21-24-9-10-25-21/h4-5,7,9-10,14,17,28H,2-3,6,8,11-12H2,1H3,(H,26,29)(H,30,31)(H2,23,24,25)/t14?,17-/m0/s1. The molecule has 0 bridgehead atoms. The monoisotopic (exact) mass is 526 g/mol. The first kappa shape index (κ1) is 26.4. The van der Waals surface area contributed by atoms with Crippen LogP contribution >= 0.6 is 11.6 Å². The number of amides is 1. The molecule has 1 aliphatic heterocycles. The molecule has 1 aromatic heterocycles. The van der Waals surface area contributed by atoms with Gasteiger partial charge in [0.1, 0.15) is 22.8 Å². The average Bonchev–Trinajstić information content (AvgIpc) is 3.48. The normalized spacial score (nSPS) is 16.3. The van der Waals surface area contributed by atoms with Crippen LogP contribution in [0.25, 0.3) is 0 Å². The van der Waals surface area contributed by atoms with Crippen molar-refractivity contribution in [2.24, 2.45) is 5.16 Å². The highest BCUT2D eigenvalue weighted by molar-refractivity contribution is 7.89. The fourth-order valence-electron chi connectivity index (χ4n) is 3.46. The van der Waals surface area contributed by atoms with Crippen LogP contribution in [-0.4, -0.2) is 66.3 Å². The number of unbranched alkanes of at least 4 members (excludes halogenated alkanes) is 1. The summed E-state index contributed by atoms with van der Waals surface area (Å²) in [5, 5.41) is 18.8. The van der Waals surface area contributed by atoms with Gasteiger partial charge in [0.25, 0.3) is 5.91 Å². The summed E-state index contributed by atoms with van der Waals surface area (Å²) in [7, 11) is -4.25. The number of anilines is 1. The van der Waals surface area contributed by atoms with Crippen molar-refractivity contribution in [3.8, 4) is 0 Å². The van der Waals surface area contributed by atoms with E-state index >= 15 is 0 Å². The fourth-order valence-corrected chi connectivity index (χ4v) is 5.48. The summed E-state index contributed by atoms with van der Waals surface area (Å²) < 4.78 is 27.5. The Labute approximate surface area is 207 Å². The maximum Gasteiger partial charge on any atom is 0.323 e. The zero-order valence-electron chi connectivity index (χ0n) is 19.0. The average molecular weight is 527 g/mol. The minimum Gasteiger partial charge on any atom is -0.480 e. The molecular weight excluding hydrogens is 500 g/mol. The molecule has 1 amide bonds. The van der Waals surface area contributed by atoms with Crippen molar-refractivity contribution < 1.29 is 28.0 Å². The van der Waals surface area contributed by atoms with Gasteiger partial charge in [-0.3, -0.25) is 9.59 Å². The molecule has 0 aliphatic carbocycles. The zero-order valence-corrected chi connectivity index (χ0v) is 20.5. The molecule has 12 nitrogen and oxygen atoms in total. The Morgan fingerprint density at radius 3 is 2.83 bits per heavy atom. The number of aromatic amines is 1. The molecule has 1 aromatic carbocycles. The Balaban J connectivity index is 1.44. The maximum atomic E-state index is 12.7. The van der Waals surface area contributed by atoms with Crippen molar-refractivity contribution in [3.63, 3.8) is 0 Å². The molecule has 1 aliphatic rings. The van der Waals surface area contributed by atoms with E-state index in [0.717, 1.165) is 19.4 Å². The summed E-state index contributed by atoms with van der Waals surface area (Å²) in [6.45, 7) is 1.79. The van der Waals surface area contributed by atoms with E-state index in [1.54, 1.807) is 31.5 Å². The third-order valence-corrected chi connectivity index (χ3v) is 7.33. The van der Waals surface area contributed by atoms with Crippen LogP contribution in [-0.2, 0) is 24.4 Å². The number of carbonyl (C=O) groups is 2. The second kappa shape index (κ2) is 12.0. The molecule has 1 unspecified atom stereocenters. The third-order valence-electron chi connectivity index (χ3n) is 5.23. The van der Waals surface area contributed by atoms with E-state index in [1.807, 2.05) is 0 Å². The van der Waals surface area contributed by atoms with Crippen LogP contribution in [0.2, 0.25) is 5.02 Å². The van der Waals surface area contributed by atoms with Crippen molar-refractivity contribution in [3.05, 3.63) is 41.2 Å². The molecule has 0 saturated heterocycles. The molecule has 3 rings (SSSR count). The number of carbonyl (C=O) groups excluding carboxylic acids is 1. The van der Waals surface area contributed by atoms with Gasteiger partial charge < -0.3 is 25.6 Å². The molecule has 35 heavy (non-hydrogen) atoms. The lowest BCUT2D eigenvalue weighted by Gasteiger charge is -2.17. The van der Waals surface area contributed by atoms with Gasteiger partial charge in [0.15, 0.2) is 5.95 Å². The van der Waals surface area contributed by atoms with Gasteiger partial charge in [-0.25, -0.2) is 13.4 Å². The number of nitrogens with one attached hydrogen (secondary N) is 4. The largest absolute Gasteiger partial charge is 0.480 e. The van der Waals surface area contributed by atoms with E-state index < -0.39 is 34.5 Å². The number of benzene rings is 1. The molecule has 0 radical (unpaired) electrons. The number of H-pyrrole nitrogens is 1. The topological polar surface area (TPSA) is 175 Å². The number of carboxylic acids is 1. The number of aromatic nitrogens is 2. The van der Waals surface area contributed by atoms with Gasteiger partial charge in [-0.15, -0.1) is 0 Å². The number of aliphatic carboxylic acids is 1. The molecule has 5 N–H and O–H groups in total. The summed E-state index contributed by atoms with van der Waals surface area (Å²) in [6.07, 6.45) is 5.81. The van der Waals surface area contributed by atoms with E-state index in [-0.39, 0.29) is 28.2 Å². The van der Waals surface area contributed by atoms with Crippen LogP contribution in [0, 0.1) is 6.92 Å². The Morgan fingerprint density at radius 2 is 2.14 bits per heavy atom. The van der Waals surface area contributed by atoms with Crippen molar-refractivity contribution in [2.75, 3.05) is 18.4 Å². The van der Waals surface area contributed by atoms with E-state index in [0.29, 0.717) is 17.9 Å². The van der Waals surface area contributed by atoms with Crippen molar-refractivity contribution in [2.45, 2.75) is 49.6 Å². The highest BCUT2D eigenvalue weighted by Gasteiger charge is 2.30. The highest BCUT2D eigenvalue weighted by Crippen LogP contribution is 2.24. The first-order chi connectivity index (χ1) is 16.7. The van der Waals surface area contributed by atoms with Gasteiger partial charge in [-0.2, -0.15) is 4.72 Å². The number of nitrogens with zero attached hydrogens (tertiary/aromatic N) is 2. The van der Waals surface area contributed by atoms with Crippen molar-refractivity contribution in [1.82, 2.24) is 20.0 Å². The number of carboxylic acid groups (broad SMARTS) is 1. The molecule has 190 valence electrons. The number of imidazole rings is 1. The van der Waals surface area contributed by atoms with Crippen LogP contribution in [0.5, 0.6) is 0 Å². The fraction of sp³-hybridized carbons (Fsp3) is 0.429. The SMILES string of the molecule is Cc1cccc(Cl)c1S(=O)(=O)N[C@@H](CNC(=O)C1=NOC(CCCCNc2ncc[nH]2)C1)C(=O)O. The molecule has 0 spiro atoms. The summed E-state index contributed by atoms with van der Waals surface area (Å²) >= 11 is 6.01. The summed E-state index contributed by atoms with van der Waals surface area (Å²) in [4.78, 5) is 36.2. The first-order valence-corrected chi connectivity index (χ1v) is 12.8. The molecule has 2 heterocycles. The van der Waals surface area contributed by atoms with E-state index in [9.17, 15) is 23.1 Å². The minimum absolute atomic E-state index is 0.0362. The summed E-state index contributed by atoms with van der Waals surface area (Å²) in [5.74, 6) is -1.37. The van der Waals surface area contributed by atoms with E-state index in [1.165, 1.54) is 6.07 Å². The minimum atomic E-state index is -4.25. The Hall–Kier alpha value is -3.16. The summed E-state index contributed by atoms with van der Waals surface area (Å²) in [6, 6.07) is 2.91. The van der Waals surface area contributed by atoms with E-state index in [2.05, 4.69) is 30.5 Å². The number of rotatable bonds is 13. The number of hydrogen-bond acceptors (Lipinski definition) is 8. The van der Waals surface area contributed by atoms with Crippen LogP contribution in [0.3, 0.4) is 0 Å². The van der Waals surface area contributed by atoms with Gasteiger partial charge >= 0.3 is 5.97 Å². The Bertz CT molecular complexity index is 1150. The second-order valence-electron chi connectivity index (χ2n) is 7.94. The Morgan fingerprint density at radius 1 is 1.34 bits per heavy atom. The lowest BCUT2D eigenvalue weighted by atomic mass is 10.1. The predicted octanol–water partition coefficient (Wildman–Crippen LogP) is 1.65. The third kappa shape index (κ3) is 7.41. The van der Waals surface area contributed by atoms with Crippen LogP contribution < -0.4 is 15.4 Å². The number of halogens is 1. The molecular formula is C21H27ClN6O6S. The molecule has 0 fully saturated rings. The van der Waals surface area contributed by atoms with Crippen molar-refractivity contribution >= 4 is 45.2 Å². The predicted molar refractivity (Wildman–Crippen MR) is 129 cm³/mol. The first-order valence-electron chi connectivity index (χ1n) is 10.9. The second-order valence-corrected chi connectivity index (χ2v) is 10.00. The van der Waals surface area contributed by atoms with Crippen LogP contribution in [0.4, 0.5) is 5.95 Å². The molecule has 0 saturated carbocycles. The Kier molecular flexibility index (Phi) is 9.07. The molecule has 14 heteroatoms. The number of sulfonamides is 1.